The van der Waals surface area contributed by atoms with Gasteiger partial charge < -0.3 is 14.2 Å². The maximum atomic E-state index is 6.14. The first-order valence-electron chi connectivity index (χ1n) is 6.80. The molecule has 5 fully saturated rings. The van der Waals surface area contributed by atoms with Gasteiger partial charge in [0.15, 0.2) is 0 Å². The second-order valence-electron chi connectivity index (χ2n) is 6.27. The lowest BCUT2D eigenvalue weighted by atomic mass is 9.81. The molecule has 5 rings (SSSR count). The van der Waals surface area contributed by atoms with E-state index in [1.165, 1.54) is 19.3 Å². The van der Waals surface area contributed by atoms with E-state index in [9.17, 15) is 0 Å². The van der Waals surface area contributed by atoms with E-state index in [4.69, 9.17) is 14.2 Å². The van der Waals surface area contributed by atoms with Crippen LogP contribution in [0.15, 0.2) is 0 Å². The lowest BCUT2D eigenvalue weighted by molar-refractivity contribution is 0.00746. The summed E-state index contributed by atoms with van der Waals surface area (Å²) in [4.78, 5) is 0. The van der Waals surface area contributed by atoms with Crippen molar-refractivity contribution >= 4 is 0 Å². The van der Waals surface area contributed by atoms with E-state index in [1.807, 2.05) is 0 Å². The highest BCUT2D eigenvalue weighted by Gasteiger charge is 2.67. The molecule has 0 spiro atoms. The van der Waals surface area contributed by atoms with E-state index < -0.39 is 0 Å². The van der Waals surface area contributed by atoms with E-state index in [2.05, 4.69) is 0 Å². The Morgan fingerprint density at radius 1 is 1.12 bits per heavy atom. The Labute approximate surface area is 95.4 Å². The molecule has 2 heterocycles. The largest absolute Gasteiger partial charge is 0.375 e. The summed E-state index contributed by atoms with van der Waals surface area (Å²) < 4.78 is 17.1. The van der Waals surface area contributed by atoms with Gasteiger partial charge in [-0.25, -0.2) is 0 Å². The van der Waals surface area contributed by atoms with Crippen LogP contribution in [0.25, 0.3) is 0 Å². The Hall–Kier alpha value is -0.120. The number of hydrogen-bond donors (Lipinski definition) is 0. The standard InChI is InChI=1S/C13H18O3/c1-2-8-11-9(3-10-13(11)16-10)7(1)12(8)15-5-6-4-14-6/h6-13H,1-5H2. The normalized spacial score (nSPS) is 64.5. The molecular weight excluding hydrogens is 204 g/mol. The van der Waals surface area contributed by atoms with Crippen LogP contribution in [0.1, 0.15) is 19.3 Å². The molecule has 0 aromatic heterocycles. The first kappa shape index (κ1) is 8.90. The smallest absolute Gasteiger partial charge is 0.104 e. The van der Waals surface area contributed by atoms with Gasteiger partial charge in [0.05, 0.1) is 31.5 Å². The molecular formula is C13H18O3. The first-order valence-corrected chi connectivity index (χ1v) is 6.80. The summed E-state index contributed by atoms with van der Waals surface area (Å²) >= 11 is 0. The molecule has 3 aliphatic carbocycles. The number of fused-ring (bicyclic) bond motifs is 7. The van der Waals surface area contributed by atoms with Gasteiger partial charge in [0.25, 0.3) is 0 Å². The Morgan fingerprint density at radius 2 is 2.00 bits per heavy atom. The summed E-state index contributed by atoms with van der Waals surface area (Å²) in [5.74, 6) is 3.46. The van der Waals surface area contributed by atoms with Crippen LogP contribution in [0.5, 0.6) is 0 Å². The summed E-state index contributed by atoms with van der Waals surface area (Å²) in [6.45, 7) is 1.76. The van der Waals surface area contributed by atoms with Crippen molar-refractivity contribution < 1.29 is 14.2 Å². The van der Waals surface area contributed by atoms with E-state index in [0.717, 1.165) is 36.9 Å². The molecule has 2 aliphatic heterocycles. The maximum Gasteiger partial charge on any atom is 0.104 e. The third kappa shape index (κ3) is 1.05. The highest BCUT2D eigenvalue weighted by Crippen LogP contribution is 2.64. The molecule has 3 heteroatoms. The van der Waals surface area contributed by atoms with Crippen molar-refractivity contribution in [3.8, 4) is 0 Å². The SMILES string of the molecule is C1OC1COC1C2CCC1C1C2CC2OC21. The molecule has 0 N–H and O–H groups in total. The van der Waals surface area contributed by atoms with Crippen LogP contribution in [0.4, 0.5) is 0 Å². The summed E-state index contributed by atoms with van der Waals surface area (Å²) in [5.41, 5.74) is 0. The average molecular weight is 222 g/mol. The van der Waals surface area contributed by atoms with Crippen LogP contribution >= 0.6 is 0 Å². The van der Waals surface area contributed by atoms with Crippen LogP contribution in [0, 0.1) is 23.7 Å². The van der Waals surface area contributed by atoms with Crippen molar-refractivity contribution in [1.29, 1.82) is 0 Å². The quantitative estimate of drug-likeness (QED) is 0.673. The molecule has 0 aromatic carbocycles. The van der Waals surface area contributed by atoms with Crippen LogP contribution in [0.3, 0.4) is 0 Å². The minimum Gasteiger partial charge on any atom is -0.375 e. The summed E-state index contributed by atoms with van der Waals surface area (Å²) in [6.07, 6.45) is 6.36. The molecule has 2 bridgehead atoms. The Kier molecular flexibility index (Phi) is 1.57. The van der Waals surface area contributed by atoms with Crippen LogP contribution in [0.2, 0.25) is 0 Å². The fourth-order valence-corrected chi connectivity index (χ4v) is 4.91. The average Bonchev–Trinajstić information content (AvgIpc) is 3.18. The number of epoxide rings is 2. The van der Waals surface area contributed by atoms with E-state index in [0.29, 0.717) is 24.4 Å². The lowest BCUT2D eigenvalue weighted by Crippen LogP contribution is -2.24. The minimum absolute atomic E-state index is 0.421. The Balaban J connectivity index is 1.36. The molecule has 88 valence electrons. The van der Waals surface area contributed by atoms with Gasteiger partial charge in [-0.3, -0.25) is 0 Å². The number of ether oxygens (including phenoxy) is 3. The predicted molar refractivity (Wildman–Crippen MR) is 56.0 cm³/mol. The minimum atomic E-state index is 0.421. The van der Waals surface area contributed by atoms with Crippen molar-refractivity contribution in [2.45, 2.75) is 43.7 Å². The monoisotopic (exact) mass is 222 g/mol. The second kappa shape index (κ2) is 2.82. The van der Waals surface area contributed by atoms with Crippen molar-refractivity contribution in [3.05, 3.63) is 0 Å². The predicted octanol–water partition coefficient (Wildman–Crippen LogP) is 1.21. The van der Waals surface area contributed by atoms with Gasteiger partial charge in [-0.1, -0.05) is 0 Å². The molecule has 3 saturated carbocycles. The van der Waals surface area contributed by atoms with E-state index in [-0.39, 0.29) is 0 Å². The molecule has 0 radical (unpaired) electrons. The van der Waals surface area contributed by atoms with Gasteiger partial charge in [0.1, 0.15) is 6.10 Å². The Bertz CT molecular complexity index is 327. The Morgan fingerprint density at radius 3 is 2.81 bits per heavy atom. The second-order valence-corrected chi connectivity index (χ2v) is 6.27. The summed E-state index contributed by atoms with van der Waals surface area (Å²) in [5, 5.41) is 0. The third-order valence-electron chi connectivity index (χ3n) is 5.60. The van der Waals surface area contributed by atoms with Crippen LogP contribution in [-0.2, 0) is 14.2 Å². The van der Waals surface area contributed by atoms with Crippen molar-refractivity contribution in [1.82, 2.24) is 0 Å². The lowest BCUT2D eigenvalue weighted by Gasteiger charge is -2.25. The fraction of sp³-hybridized carbons (Fsp3) is 1.00. The molecule has 0 aromatic rings. The fourth-order valence-electron chi connectivity index (χ4n) is 4.91. The zero-order valence-electron chi connectivity index (χ0n) is 9.38. The molecule has 16 heavy (non-hydrogen) atoms. The van der Waals surface area contributed by atoms with Crippen molar-refractivity contribution in [3.63, 3.8) is 0 Å². The zero-order valence-corrected chi connectivity index (χ0v) is 9.38. The highest BCUT2D eigenvalue weighted by atomic mass is 16.6. The molecule has 8 unspecified atom stereocenters. The van der Waals surface area contributed by atoms with Crippen molar-refractivity contribution in [2.24, 2.45) is 23.7 Å². The van der Waals surface area contributed by atoms with Crippen LogP contribution in [-0.4, -0.2) is 37.6 Å². The maximum absolute atomic E-state index is 6.14. The topological polar surface area (TPSA) is 34.3 Å². The van der Waals surface area contributed by atoms with Gasteiger partial charge in [-0.05, 0) is 42.9 Å². The molecule has 8 atom stereocenters. The molecule has 3 nitrogen and oxygen atoms in total. The molecule has 2 saturated heterocycles. The van der Waals surface area contributed by atoms with Gasteiger partial charge in [-0.2, -0.15) is 0 Å². The third-order valence-corrected chi connectivity index (χ3v) is 5.60. The highest BCUT2D eigenvalue weighted by molar-refractivity contribution is 5.15. The summed E-state index contributed by atoms with van der Waals surface area (Å²) in [7, 11) is 0. The molecule has 0 amide bonds. The number of rotatable bonds is 3. The number of hydrogen-bond acceptors (Lipinski definition) is 3. The summed E-state index contributed by atoms with van der Waals surface area (Å²) in [6, 6.07) is 0. The van der Waals surface area contributed by atoms with Gasteiger partial charge in [0, 0.05) is 0 Å². The van der Waals surface area contributed by atoms with Gasteiger partial charge in [-0.15, -0.1) is 0 Å². The first-order chi connectivity index (χ1) is 7.92. The van der Waals surface area contributed by atoms with Gasteiger partial charge >= 0.3 is 0 Å². The molecule has 5 aliphatic rings. The van der Waals surface area contributed by atoms with Gasteiger partial charge in [0.2, 0.25) is 0 Å². The van der Waals surface area contributed by atoms with Crippen molar-refractivity contribution in [2.75, 3.05) is 13.2 Å². The van der Waals surface area contributed by atoms with Crippen LogP contribution < -0.4 is 0 Å². The van der Waals surface area contributed by atoms with E-state index in [1.54, 1.807) is 0 Å². The van der Waals surface area contributed by atoms with E-state index >= 15 is 0 Å². The zero-order chi connectivity index (χ0) is 10.3.